The Morgan fingerprint density at radius 1 is 1.11 bits per heavy atom. The maximum absolute atomic E-state index is 11.4. The van der Waals surface area contributed by atoms with Crippen molar-refractivity contribution >= 4 is 12.3 Å². The molecule has 0 unspecified atom stereocenters. The molecular formula is C16H15NO2. The molecule has 0 heterocycles. The summed E-state index contributed by atoms with van der Waals surface area (Å²) < 4.78 is 5.04. The van der Waals surface area contributed by atoms with Gasteiger partial charge in [-0.1, -0.05) is 60.2 Å². The first kappa shape index (κ1) is 13.0. The van der Waals surface area contributed by atoms with Gasteiger partial charge in [0.2, 0.25) is 0 Å². The number of carbonyl (C=O) groups is 1. The van der Waals surface area contributed by atoms with E-state index >= 15 is 0 Å². The van der Waals surface area contributed by atoms with Crippen molar-refractivity contribution in [1.82, 2.24) is 0 Å². The molecule has 0 aliphatic rings. The van der Waals surface area contributed by atoms with Gasteiger partial charge in [0.15, 0.2) is 0 Å². The first-order valence-corrected chi connectivity index (χ1v) is 6.05. The molecule has 0 N–H and O–H groups in total. The van der Waals surface area contributed by atoms with Gasteiger partial charge >= 0.3 is 6.09 Å². The molecule has 0 bridgehead atoms. The van der Waals surface area contributed by atoms with Crippen LogP contribution in [0.1, 0.15) is 16.7 Å². The third-order valence-corrected chi connectivity index (χ3v) is 2.60. The van der Waals surface area contributed by atoms with Crippen LogP contribution in [-0.2, 0) is 11.3 Å². The second kappa shape index (κ2) is 6.50. The lowest BCUT2D eigenvalue weighted by Crippen LogP contribution is -1.99. The van der Waals surface area contributed by atoms with Gasteiger partial charge < -0.3 is 4.74 Å². The fourth-order valence-electron chi connectivity index (χ4n) is 1.54. The first-order valence-electron chi connectivity index (χ1n) is 6.05. The van der Waals surface area contributed by atoms with Crippen LogP contribution >= 0.6 is 0 Å². The molecule has 0 saturated heterocycles. The Morgan fingerprint density at radius 3 is 2.47 bits per heavy atom. The van der Waals surface area contributed by atoms with Crippen LogP contribution in [0.4, 0.5) is 4.79 Å². The van der Waals surface area contributed by atoms with E-state index in [0.29, 0.717) is 0 Å². The number of amides is 1. The maximum atomic E-state index is 11.4. The van der Waals surface area contributed by atoms with Gasteiger partial charge in [0.25, 0.3) is 0 Å². The molecule has 1 amide bonds. The number of rotatable bonds is 3. The minimum atomic E-state index is -0.579. The summed E-state index contributed by atoms with van der Waals surface area (Å²) in [6, 6.07) is 17.3. The molecule has 3 nitrogen and oxygen atoms in total. The van der Waals surface area contributed by atoms with Gasteiger partial charge in [-0.05, 0) is 18.1 Å². The van der Waals surface area contributed by atoms with E-state index in [1.807, 2.05) is 61.5 Å². The fourth-order valence-corrected chi connectivity index (χ4v) is 1.54. The average molecular weight is 253 g/mol. The molecule has 19 heavy (non-hydrogen) atoms. The van der Waals surface area contributed by atoms with Crippen LogP contribution in [0.3, 0.4) is 0 Å². The molecule has 2 aromatic rings. The normalized spacial score (nSPS) is 10.6. The first-order chi connectivity index (χ1) is 9.24. The summed E-state index contributed by atoms with van der Waals surface area (Å²) in [5.41, 5.74) is 2.99. The largest absolute Gasteiger partial charge is 0.443 e. The lowest BCUT2D eigenvalue weighted by Gasteiger charge is -2.00. The summed E-state index contributed by atoms with van der Waals surface area (Å²) in [6.45, 7) is 2.25. The van der Waals surface area contributed by atoms with Crippen molar-refractivity contribution in [3.8, 4) is 0 Å². The maximum Gasteiger partial charge on any atom is 0.433 e. The SMILES string of the molecule is Cc1ccc(C=NC(=O)OCc2ccccc2)cc1. The zero-order chi connectivity index (χ0) is 13.5. The third kappa shape index (κ3) is 4.39. The van der Waals surface area contributed by atoms with Crippen molar-refractivity contribution in [3.63, 3.8) is 0 Å². The number of aryl methyl sites for hydroxylation is 1. The number of benzene rings is 2. The van der Waals surface area contributed by atoms with Gasteiger partial charge in [-0.2, -0.15) is 4.99 Å². The van der Waals surface area contributed by atoms with Crippen molar-refractivity contribution in [2.75, 3.05) is 0 Å². The number of ether oxygens (including phenoxy) is 1. The number of carbonyl (C=O) groups excluding carboxylic acids is 1. The highest BCUT2D eigenvalue weighted by molar-refractivity contribution is 5.88. The van der Waals surface area contributed by atoms with E-state index in [0.717, 1.165) is 11.1 Å². The Balaban J connectivity index is 1.86. The summed E-state index contributed by atoms with van der Waals surface area (Å²) in [4.78, 5) is 15.2. The Morgan fingerprint density at radius 2 is 1.79 bits per heavy atom. The van der Waals surface area contributed by atoms with E-state index in [2.05, 4.69) is 4.99 Å². The lowest BCUT2D eigenvalue weighted by molar-refractivity contribution is 0.151. The van der Waals surface area contributed by atoms with Crippen LogP contribution in [0.5, 0.6) is 0 Å². The molecule has 0 atom stereocenters. The lowest BCUT2D eigenvalue weighted by atomic mass is 10.2. The second-order valence-corrected chi connectivity index (χ2v) is 4.21. The second-order valence-electron chi connectivity index (χ2n) is 4.21. The molecule has 0 aliphatic heterocycles. The predicted molar refractivity (Wildman–Crippen MR) is 75.4 cm³/mol. The summed E-state index contributed by atoms with van der Waals surface area (Å²) in [7, 11) is 0. The molecule has 3 heteroatoms. The summed E-state index contributed by atoms with van der Waals surface area (Å²) >= 11 is 0. The Bertz CT molecular complexity index is 559. The van der Waals surface area contributed by atoms with E-state index in [1.165, 1.54) is 11.8 Å². The number of aliphatic imine (C=N–C) groups is 1. The topological polar surface area (TPSA) is 38.7 Å². The van der Waals surface area contributed by atoms with E-state index < -0.39 is 6.09 Å². The Hall–Kier alpha value is -2.42. The number of hydrogen-bond acceptors (Lipinski definition) is 2. The highest BCUT2D eigenvalue weighted by atomic mass is 16.5. The number of hydrogen-bond donors (Lipinski definition) is 0. The van der Waals surface area contributed by atoms with Gasteiger partial charge in [0.05, 0.1) is 0 Å². The van der Waals surface area contributed by atoms with Crippen LogP contribution in [0, 0.1) is 6.92 Å². The summed E-state index contributed by atoms with van der Waals surface area (Å²) in [6.07, 6.45) is 0.927. The van der Waals surface area contributed by atoms with E-state index in [9.17, 15) is 4.79 Å². The molecule has 2 rings (SSSR count). The van der Waals surface area contributed by atoms with Crippen LogP contribution < -0.4 is 0 Å². The van der Waals surface area contributed by atoms with E-state index in [-0.39, 0.29) is 6.61 Å². The Labute approximate surface area is 112 Å². The quantitative estimate of drug-likeness (QED) is 0.781. The van der Waals surface area contributed by atoms with Crippen LogP contribution in [0.15, 0.2) is 59.6 Å². The molecular weight excluding hydrogens is 238 g/mol. The van der Waals surface area contributed by atoms with Crippen LogP contribution in [-0.4, -0.2) is 12.3 Å². The van der Waals surface area contributed by atoms with Crippen molar-refractivity contribution in [1.29, 1.82) is 0 Å². The van der Waals surface area contributed by atoms with E-state index in [4.69, 9.17) is 4.74 Å². The third-order valence-electron chi connectivity index (χ3n) is 2.60. The highest BCUT2D eigenvalue weighted by Gasteiger charge is 1.99. The molecule has 0 radical (unpaired) electrons. The van der Waals surface area contributed by atoms with Gasteiger partial charge in [-0.15, -0.1) is 0 Å². The zero-order valence-electron chi connectivity index (χ0n) is 10.7. The minimum absolute atomic E-state index is 0.241. The molecule has 0 aromatic heterocycles. The van der Waals surface area contributed by atoms with Gasteiger partial charge in [0, 0.05) is 6.21 Å². The predicted octanol–water partition coefficient (Wildman–Crippen LogP) is 3.75. The molecule has 2 aromatic carbocycles. The average Bonchev–Trinajstić information content (AvgIpc) is 2.45. The number of nitrogens with zero attached hydrogens (tertiary/aromatic N) is 1. The molecule has 0 saturated carbocycles. The van der Waals surface area contributed by atoms with E-state index in [1.54, 1.807) is 0 Å². The van der Waals surface area contributed by atoms with Gasteiger partial charge in [0.1, 0.15) is 6.61 Å². The molecule has 0 aliphatic carbocycles. The smallest absolute Gasteiger partial charge is 0.433 e. The Kier molecular flexibility index (Phi) is 4.45. The fraction of sp³-hybridized carbons (Fsp3) is 0.125. The zero-order valence-corrected chi connectivity index (χ0v) is 10.7. The molecule has 96 valence electrons. The van der Waals surface area contributed by atoms with Crippen molar-refractivity contribution in [2.24, 2.45) is 4.99 Å². The summed E-state index contributed by atoms with van der Waals surface area (Å²) in [5.74, 6) is 0. The minimum Gasteiger partial charge on any atom is -0.443 e. The highest BCUT2D eigenvalue weighted by Crippen LogP contribution is 2.03. The molecule has 0 fully saturated rings. The van der Waals surface area contributed by atoms with Gasteiger partial charge in [-0.25, -0.2) is 4.79 Å². The summed E-state index contributed by atoms with van der Waals surface area (Å²) in [5, 5.41) is 0. The van der Waals surface area contributed by atoms with Crippen LogP contribution in [0.2, 0.25) is 0 Å². The molecule has 0 spiro atoms. The van der Waals surface area contributed by atoms with Crippen molar-refractivity contribution in [3.05, 3.63) is 71.3 Å². The monoisotopic (exact) mass is 253 g/mol. The van der Waals surface area contributed by atoms with Crippen LogP contribution in [0.25, 0.3) is 0 Å². The van der Waals surface area contributed by atoms with Gasteiger partial charge in [-0.3, -0.25) is 0 Å². The standard InChI is InChI=1S/C16H15NO2/c1-13-7-9-14(10-8-13)11-17-16(18)19-12-15-5-3-2-4-6-15/h2-11H,12H2,1H3. The van der Waals surface area contributed by atoms with Crippen molar-refractivity contribution in [2.45, 2.75) is 13.5 Å². The van der Waals surface area contributed by atoms with Crippen molar-refractivity contribution < 1.29 is 9.53 Å².